The predicted octanol–water partition coefficient (Wildman–Crippen LogP) is 7.26. The maximum atomic E-state index is 13.4. The number of halogens is 6. The van der Waals surface area contributed by atoms with E-state index in [4.69, 9.17) is 0 Å². The van der Waals surface area contributed by atoms with Crippen LogP contribution in [-0.2, 0) is 12.4 Å². The van der Waals surface area contributed by atoms with E-state index in [9.17, 15) is 31.1 Å². The molecule has 0 aliphatic carbocycles. The maximum Gasteiger partial charge on any atom is 0.417 e. The summed E-state index contributed by atoms with van der Waals surface area (Å²) in [5.41, 5.74) is -2.25. The monoisotopic (exact) mass is 408 g/mol. The Balaban J connectivity index is 2.31. The Morgan fingerprint density at radius 1 is 0.655 bits per heavy atom. The van der Waals surface area contributed by atoms with Crippen LogP contribution in [0, 0.1) is 0 Å². The van der Waals surface area contributed by atoms with Crippen LogP contribution in [0.2, 0.25) is 0 Å². The molecule has 0 aromatic heterocycles. The van der Waals surface area contributed by atoms with Crippen LogP contribution >= 0.6 is 0 Å². The molecule has 1 nitrogen and oxygen atoms in total. The first-order chi connectivity index (χ1) is 13.5. The van der Waals surface area contributed by atoms with E-state index in [2.05, 4.69) is 0 Å². The Kier molecular flexibility index (Phi) is 5.26. The highest BCUT2D eigenvalue weighted by Crippen LogP contribution is 2.41. The lowest BCUT2D eigenvalue weighted by Gasteiger charge is -2.17. The lowest BCUT2D eigenvalue weighted by atomic mass is 9.91. The molecule has 0 fully saturated rings. The molecule has 0 radical (unpaired) electrons. The fourth-order valence-electron chi connectivity index (χ4n) is 3.11. The lowest BCUT2D eigenvalue weighted by Crippen LogP contribution is -2.08. The number of hydrogen-bond acceptors (Lipinski definition) is 1. The van der Waals surface area contributed by atoms with Gasteiger partial charge < -0.3 is 0 Å². The maximum absolute atomic E-state index is 13.4. The van der Waals surface area contributed by atoms with Gasteiger partial charge in [-0.3, -0.25) is 4.79 Å². The number of carbonyl (C=O) groups excluding carboxylic acids is 1. The van der Waals surface area contributed by atoms with Crippen molar-refractivity contribution in [3.8, 4) is 22.3 Å². The van der Waals surface area contributed by atoms with Gasteiger partial charge in [0.1, 0.15) is 0 Å². The molecule has 0 saturated carbocycles. The fraction of sp³-hybridized carbons (Fsp3) is 0.136. The van der Waals surface area contributed by atoms with Crippen molar-refractivity contribution in [1.82, 2.24) is 0 Å². The van der Waals surface area contributed by atoms with Crippen LogP contribution in [-0.4, -0.2) is 5.78 Å². The molecule has 0 atom stereocenters. The van der Waals surface area contributed by atoms with Crippen molar-refractivity contribution in [1.29, 1.82) is 0 Å². The molecule has 0 spiro atoms. The number of Topliss-reactive ketones (excluding diaryl/α,β-unsaturated/α-hetero) is 1. The van der Waals surface area contributed by atoms with E-state index in [1.807, 2.05) is 0 Å². The zero-order valence-electron chi connectivity index (χ0n) is 15.0. The van der Waals surface area contributed by atoms with Crippen molar-refractivity contribution in [3.63, 3.8) is 0 Å². The Morgan fingerprint density at radius 2 is 1.03 bits per heavy atom. The summed E-state index contributed by atoms with van der Waals surface area (Å²) < 4.78 is 80.5. The van der Waals surface area contributed by atoms with Gasteiger partial charge in [-0.1, -0.05) is 36.4 Å². The average Bonchev–Trinajstić information content (AvgIpc) is 2.66. The minimum absolute atomic E-state index is 0.0117. The fourth-order valence-corrected chi connectivity index (χ4v) is 3.11. The van der Waals surface area contributed by atoms with E-state index in [0.717, 1.165) is 12.1 Å². The van der Waals surface area contributed by atoms with Gasteiger partial charge in [0.25, 0.3) is 0 Å². The summed E-state index contributed by atoms with van der Waals surface area (Å²) in [7, 11) is 0. The van der Waals surface area contributed by atoms with Gasteiger partial charge in [0, 0.05) is 5.56 Å². The molecule has 29 heavy (non-hydrogen) atoms. The van der Waals surface area contributed by atoms with Gasteiger partial charge in [-0.05, 0) is 59.5 Å². The predicted molar refractivity (Wildman–Crippen MR) is 97.3 cm³/mol. The van der Waals surface area contributed by atoms with Crippen molar-refractivity contribution in [3.05, 3.63) is 83.4 Å². The minimum Gasteiger partial charge on any atom is -0.295 e. The summed E-state index contributed by atoms with van der Waals surface area (Å²) >= 11 is 0. The number of rotatable bonds is 3. The van der Waals surface area contributed by atoms with Crippen LogP contribution in [0.25, 0.3) is 22.3 Å². The first-order valence-corrected chi connectivity index (χ1v) is 8.47. The van der Waals surface area contributed by atoms with Crippen LogP contribution in [0.3, 0.4) is 0 Å². The molecule has 7 heteroatoms. The van der Waals surface area contributed by atoms with Crippen molar-refractivity contribution >= 4 is 5.78 Å². The van der Waals surface area contributed by atoms with Gasteiger partial charge >= 0.3 is 12.4 Å². The summed E-state index contributed by atoms with van der Waals surface area (Å²) in [6, 6.07) is 13.2. The molecule has 3 rings (SSSR count). The van der Waals surface area contributed by atoms with Gasteiger partial charge in [-0.15, -0.1) is 0 Å². The van der Waals surface area contributed by atoms with E-state index in [0.29, 0.717) is 0 Å². The van der Waals surface area contributed by atoms with Crippen molar-refractivity contribution in [2.75, 3.05) is 0 Å². The minimum atomic E-state index is -4.66. The van der Waals surface area contributed by atoms with Crippen LogP contribution in [0.1, 0.15) is 28.4 Å². The molecule has 150 valence electrons. The Hall–Kier alpha value is -3.09. The van der Waals surface area contributed by atoms with Crippen LogP contribution in [0.4, 0.5) is 26.3 Å². The molecule has 0 aliphatic heterocycles. The number of ketones is 1. The molecular formula is C22H14F6O. The van der Waals surface area contributed by atoms with Crippen molar-refractivity contribution < 1.29 is 31.1 Å². The smallest absolute Gasteiger partial charge is 0.295 e. The molecule has 0 N–H and O–H groups in total. The van der Waals surface area contributed by atoms with Gasteiger partial charge in [0.15, 0.2) is 5.78 Å². The molecule has 0 bridgehead atoms. The summed E-state index contributed by atoms with van der Waals surface area (Å²) in [5, 5.41) is 0. The van der Waals surface area contributed by atoms with E-state index in [-0.39, 0.29) is 27.8 Å². The van der Waals surface area contributed by atoms with E-state index in [1.54, 1.807) is 0 Å². The van der Waals surface area contributed by atoms with Gasteiger partial charge in [-0.25, -0.2) is 0 Å². The number of alkyl halides is 6. The highest BCUT2D eigenvalue weighted by molar-refractivity contribution is 5.97. The van der Waals surface area contributed by atoms with Crippen LogP contribution < -0.4 is 0 Å². The number of hydrogen-bond donors (Lipinski definition) is 0. The highest BCUT2D eigenvalue weighted by atomic mass is 19.4. The van der Waals surface area contributed by atoms with Gasteiger partial charge in [-0.2, -0.15) is 26.3 Å². The average molecular weight is 408 g/mol. The second kappa shape index (κ2) is 7.39. The summed E-state index contributed by atoms with van der Waals surface area (Å²) in [5.74, 6) is -0.470. The van der Waals surface area contributed by atoms with E-state index >= 15 is 0 Å². The molecular weight excluding hydrogens is 394 g/mol. The number of benzene rings is 3. The first kappa shape index (κ1) is 20.6. The largest absolute Gasteiger partial charge is 0.417 e. The van der Waals surface area contributed by atoms with Crippen molar-refractivity contribution in [2.45, 2.75) is 19.3 Å². The summed E-state index contributed by atoms with van der Waals surface area (Å²) in [6.45, 7) is 1.20. The highest BCUT2D eigenvalue weighted by Gasteiger charge is 2.35. The molecule has 0 unspecified atom stereocenters. The van der Waals surface area contributed by atoms with Crippen LogP contribution in [0.5, 0.6) is 0 Å². The molecule has 0 aliphatic rings. The second-order valence-electron chi connectivity index (χ2n) is 6.44. The first-order valence-electron chi connectivity index (χ1n) is 8.47. The lowest BCUT2D eigenvalue weighted by molar-refractivity contribution is -0.137. The molecule has 3 aromatic rings. The number of carbonyl (C=O) groups is 1. The Bertz CT molecular complexity index is 988. The molecule has 0 amide bonds. The zero-order chi connectivity index (χ0) is 21.4. The SMILES string of the molecule is CC(=O)c1cc(-c2ccccc2C(F)(F)F)cc(-c2ccccc2C(F)(F)F)c1. The topological polar surface area (TPSA) is 17.1 Å². The standard InChI is InChI=1S/C22H14F6O/c1-13(29)14-10-15(17-6-2-4-8-19(17)21(23,24)25)12-16(11-14)18-7-3-5-9-20(18)22(26,27)28/h2-12H,1H3. The molecule has 3 aromatic carbocycles. The third-order valence-corrected chi connectivity index (χ3v) is 4.43. The van der Waals surface area contributed by atoms with Crippen LogP contribution in [0.15, 0.2) is 66.7 Å². The zero-order valence-corrected chi connectivity index (χ0v) is 15.0. The third kappa shape index (κ3) is 4.34. The molecule has 0 saturated heterocycles. The Morgan fingerprint density at radius 3 is 1.38 bits per heavy atom. The Labute approximate surface area is 162 Å². The van der Waals surface area contributed by atoms with Gasteiger partial charge in [0.2, 0.25) is 0 Å². The third-order valence-electron chi connectivity index (χ3n) is 4.43. The van der Waals surface area contributed by atoms with Gasteiger partial charge in [0.05, 0.1) is 11.1 Å². The second-order valence-corrected chi connectivity index (χ2v) is 6.44. The summed E-state index contributed by atoms with van der Waals surface area (Å²) in [4.78, 5) is 11.9. The van der Waals surface area contributed by atoms with E-state index in [1.165, 1.54) is 61.5 Å². The van der Waals surface area contributed by atoms with Crippen molar-refractivity contribution in [2.24, 2.45) is 0 Å². The summed E-state index contributed by atoms with van der Waals surface area (Å²) in [6.07, 6.45) is -9.32. The molecule has 0 heterocycles. The van der Waals surface area contributed by atoms with E-state index < -0.39 is 29.3 Å². The normalized spacial score (nSPS) is 12.1. The quantitative estimate of drug-likeness (QED) is 0.329.